The maximum absolute atomic E-state index is 10.8. The highest BCUT2D eigenvalue weighted by molar-refractivity contribution is 6.32. The molecule has 0 spiro atoms. The number of halogens is 2. The summed E-state index contributed by atoms with van der Waals surface area (Å²) in [5, 5.41) is 2.74. The van der Waals surface area contributed by atoms with Crippen LogP contribution in [0.4, 0.5) is 0 Å². The fraction of sp³-hybridized carbons (Fsp3) is 0.500. The number of carbonyl (C=O) groups is 1. The summed E-state index contributed by atoms with van der Waals surface area (Å²) in [4.78, 5) is 10.8. The van der Waals surface area contributed by atoms with Crippen molar-refractivity contribution >= 4 is 17.5 Å². The van der Waals surface area contributed by atoms with Crippen molar-refractivity contribution in [3.63, 3.8) is 0 Å². The highest BCUT2D eigenvalue weighted by Gasteiger charge is 2.25. The molecular formula is C14H20Cl2N2O3. The molecule has 1 aromatic rings. The van der Waals surface area contributed by atoms with E-state index in [1.165, 1.54) is 12.8 Å². The Morgan fingerprint density at radius 1 is 1.43 bits per heavy atom. The molecule has 0 aromatic heterocycles. The molecule has 0 atom stereocenters. The lowest BCUT2D eigenvalue weighted by atomic mass is 10.2. The van der Waals surface area contributed by atoms with Gasteiger partial charge in [-0.3, -0.25) is 4.79 Å². The van der Waals surface area contributed by atoms with Crippen LogP contribution in [0.3, 0.4) is 0 Å². The Morgan fingerprint density at radius 2 is 2.14 bits per heavy atom. The molecular weight excluding hydrogens is 315 g/mol. The lowest BCUT2D eigenvalue weighted by molar-refractivity contribution is -0.683. The van der Waals surface area contributed by atoms with Gasteiger partial charge in [0.1, 0.15) is 6.54 Å². The number of rotatable bonds is 8. The fourth-order valence-electron chi connectivity index (χ4n) is 1.92. The van der Waals surface area contributed by atoms with Gasteiger partial charge >= 0.3 is 0 Å². The van der Waals surface area contributed by atoms with E-state index in [0.717, 1.165) is 18.2 Å². The van der Waals surface area contributed by atoms with Crippen molar-refractivity contribution in [2.75, 3.05) is 13.2 Å². The summed E-state index contributed by atoms with van der Waals surface area (Å²) in [6.07, 6.45) is 2.57. The number of hydrogen-bond acceptors (Lipinski definition) is 3. The number of nitrogens with two attached hydrogens (primary N) is 2. The molecule has 7 heteroatoms. The Labute approximate surface area is 135 Å². The quantitative estimate of drug-likeness (QED) is 0.568. The third-order valence-corrected chi connectivity index (χ3v) is 3.32. The molecule has 1 aliphatic rings. The number of benzene rings is 1. The number of amides is 1. The van der Waals surface area contributed by atoms with Gasteiger partial charge in [-0.2, -0.15) is 0 Å². The first-order chi connectivity index (χ1) is 9.60. The fourth-order valence-corrected chi connectivity index (χ4v) is 2.21. The normalized spacial score (nSPS) is 13.4. The van der Waals surface area contributed by atoms with Crippen molar-refractivity contribution in [3.05, 3.63) is 22.7 Å². The maximum atomic E-state index is 10.8. The average Bonchev–Trinajstić information content (AvgIpc) is 3.19. The first-order valence-corrected chi connectivity index (χ1v) is 7.17. The molecule has 1 saturated carbocycles. The van der Waals surface area contributed by atoms with E-state index in [-0.39, 0.29) is 19.0 Å². The third kappa shape index (κ3) is 5.61. The predicted molar refractivity (Wildman–Crippen MR) is 76.0 cm³/mol. The summed E-state index contributed by atoms with van der Waals surface area (Å²) in [7, 11) is 0. The predicted octanol–water partition coefficient (Wildman–Crippen LogP) is -2.17. The number of hydrogen-bond donors (Lipinski definition) is 2. The Morgan fingerprint density at radius 3 is 2.71 bits per heavy atom. The molecule has 0 aliphatic heterocycles. The first-order valence-electron chi connectivity index (χ1n) is 6.79. The molecule has 0 saturated heterocycles. The van der Waals surface area contributed by atoms with Crippen LogP contribution in [-0.2, 0) is 11.3 Å². The Balaban J connectivity index is 0.00000220. The molecule has 1 aliphatic carbocycles. The zero-order valence-electron chi connectivity index (χ0n) is 11.9. The standard InChI is InChI=1S/C14H19ClN2O3.ClH/c1-2-19-12-6-9(7-17-10-3-4-10)5-11(15)14(12)20-8-13(16)18;/h5-6,10,17H,2-4,7-8H2,1H3,(H2,16,18);1H. The van der Waals surface area contributed by atoms with E-state index in [4.69, 9.17) is 26.8 Å². The highest BCUT2D eigenvalue weighted by Crippen LogP contribution is 2.36. The van der Waals surface area contributed by atoms with Gasteiger partial charge in [-0.1, -0.05) is 11.6 Å². The minimum absolute atomic E-state index is 0. The molecule has 1 aromatic carbocycles. The number of quaternary nitrogens is 1. The topological polar surface area (TPSA) is 78.2 Å². The molecule has 2 rings (SSSR count). The smallest absolute Gasteiger partial charge is 0.255 e. The van der Waals surface area contributed by atoms with Crippen LogP contribution in [0.15, 0.2) is 12.1 Å². The summed E-state index contributed by atoms with van der Waals surface area (Å²) in [5.74, 6) is 0.387. The van der Waals surface area contributed by atoms with Crippen LogP contribution in [0.25, 0.3) is 0 Å². The van der Waals surface area contributed by atoms with Gasteiger partial charge < -0.3 is 32.9 Å². The summed E-state index contributed by atoms with van der Waals surface area (Å²) >= 11 is 6.21. The Kier molecular flexibility index (Phi) is 7.08. The summed E-state index contributed by atoms with van der Waals surface area (Å²) in [5.41, 5.74) is 6.16. The molecule has 21 heavy (non-hydrogen) atoms. The molecule has 5 nitrogen and oxygen atoms in total. The van der Waals surface area contributed by atoms with Gasteiger partial charge in [-0.25, -0.2) is 0 Å². The van der Waals surface area contributed by atoms with Crippen LogP contribution < -0.4 is 32.9 Å². The van der Waals surface area contributed by atoms with Gasteiger partial charge in [0.15, 0.2) is 18.1 Å². The van der Waals surface area contributed by atoms with Gasteiger partial charge in [-0.05, 0) is 19.1 Å². The second kappa shape index (κ2) is 8.32. The van der Waals surface area contributed by atoms with Crippen LogP contribution in [0.5, 0.6) is 11.5 Å². The van der Waals surface area contributed by atoms with Gasteiger partial charge in [0, 0.05) is 18.4 Å². The number of ether oxygens (including phenoxy) is 2. The van der Waals surface area contributed by atoms with Crippen molar-refractivity contribution in [1.29, 1.82) is 0 Å². The van der Waals surface area contributed by atoms with Gasteiger partial charge in [-0.15, -0.1) is 0 Å². The lowest BCUT2D eigenvalue weighted by Gasteiger charge is -2.14. The van der Waals surface area contributed by atoms with Crippen molar-refractivity contribution < 1.29 is 32.0 Å². The van der Waals surface area contributed by atoms with Crippen molar-refractivity contribution in [3.8, 4) is 11.5 Å². The SMILES string of the molecule is CCOc1cc(C[NH2+]C2CC2)cc(Cl)c1OCC(N)=O.[Cl-]. The molecule has 1 fully saturated rings. The molecule has 0 unspecified atom stereocenters. The van der Waals surface area contributed by atoms with Gasteiger partial charge in [0.05, 0.1) is 17.7 Å². The van der Waals surface area contributed by atoms with Crippen molar-refractivity contribution in [2.45, 2.75) is 32.4 Å². The lowest BCUT2D eigenvalue weighted by Crippen LogP contribution is -3.00. The summed E-state index contributed by atoms with van der Waals surface area (Å²) in [6, 6.07) is 4.50. The Bertz CT molecular complexity index is 493. The minimum Gasteiger partial charge on any atom is -1.00 e. The molecule has 4 N–H and O–H groups in total. The number of primary amides is 1. The zero-order chi connectivity index (χ0) is 14.5. The molecule has 0 radical (unpaired) electrons. The molecule has 118 valence electrons. The average molecular weight is 335 g/mol. The number of carbonyl (C=O) groups excluding carboxylic acids is 1. The van der Waals surface area contributed by atoms with E-state index in [1.54, 1.807) is 0 Å². The highest BCUT2D eigenvalue weighted by atomic mass is 35.5. The van der Waals surface area contributed by atoms with E-state index in [0.29, 0.717) is 23.1 Å². The van der Waals surface area contributed by atoms with Gasteiger partial charge in [0.25, 0.3) is 5.91 Å². The van der Waals surface area contributed by atoms with E-state index >= 15 is 0 Å². The third-order valence-electron chi connectivity index (χ3n) is 3.04. The van der Waals surface area contributed by atoms with E-state index in [9.17, 15) is 4.79 Å². The Hall–Kier alpha value is -1.17. The van der Waals surface area contributed by atoms with Crippen molar-refractivity contribution in [1.82, 2.24) is 0 Å². The second-order valence-corrected chi connectivity index (χ2v) is 5.28. The van der Waals surface area contributed by atoms with E-state index in [1.807, 2.05) is 19.1 Å². The van der Waals surface area contributed by atoms with Crippen LogP contribution in [-0.4, -0.2) is 25.2 Å². The molecule has 1 amide bonds. The van der Waals surface area contributed by atoms with Crippen LogP contribution in [0.1, 0.15) is 25.3 Å². The van der Waals surface area contributed by atoms with Gasteiger partial charge in [0.2, 0.25) is 0 Å². The van der Waals surface area contributed by atoms with Crippen molar-refractivity contribution in [2.24, 2.45) is 5.73 Å². The summed E-state index contributed by atoms with van der Waals surface area (Å²) in [6.45, 7) is 3.03. The largest absolute Gasteiger partial charge is 1.00 e. The first kappa shape index (κ1) is 17.9. The van der Waals surface area contributed by atoms with E-state index < -0.39 is 5.91 Å². The molecule has 0 heterocycles. The van der Waals surface area contributed by atoms with Crippen LogP contribution in [0.2, 0.25) is 5.02 Å². The minimum atomic E-state index is -0.547. The monoisotopic (exact) mass is 334 g/mol. The maximum Gasteiger partial charge on any atom is 0.255 e. The summed E-state index contributed by atoms with van der Waals surface area (Å²) < 4.78 is 10.9. The second-order valence-electron chi connectivity index (χ2n) is 4.87. The van der Waals surface area contributed by atoms with E-state index in [2.05, 4.69) is 5.32 Å². The van der Waals surface area contributed by atoms with Crippen LogP contribution >= 0.6 is 11.6 Å². The van der Waals surface area contributed by atoms with Crippen LogP contribution in [0, 0.1) is 0 Å². The zero-order valence-corrected chi connectivity index (χ0v) is 13.4. The molecule has 0 bridgehead atoms.